The highest BCUT2D eigenvalue weighted by atomic mass is 32.2. The van der Waals surface area contributed by atoms with Gasteiger partial charge in [-0.25, -0.2) is 13.4 Å². The van der Waals surface area contributed by atoms with E-state index in [1.807, 2.05) is 6.07 Å². The van der Waals surface area contributed by atoms with Crippen molar-refractivity contribution in [3.05, 3.63) is 56.5 Å². The lowest BCUT2D eigenvalue weighted by Crippen LogP contribution is -2.35. The molecule has 0 radical (unpaired) electrons. The quantitative estimate of drug-likeness (QED) is 0.848. The highest BCUT2D eigenvalue weighted by Gasteiger charge is 2.23. The third-order valence-corrected chi connectivity index (χ3v) is 5.49. The summed E-state index contributed by atoms with van der Waals surface area (Å²) in [6, 6.07) is 6.23. The summed E-state index contributed by atoms with van der Waals surface area (Å²) in [5.41, 5.74) is 4.58. The summed E-state index contributed by atoms with van der Waals surface area (Å²) in [6.07, 6.45) is 1.63. The van der Waals surface area contributed by atoms with Crippen molar-refractivity contribution in [1.29, 1.82) is 0 Å². The summed E-state index contributed by atoms with van der Waals surface area (Å²) in [5.74, 6) is 0. The Morgan fingerprint density at radius 3 is 2.75 bits per heavy atom. The standard InChI is InChI=1S/C17H21N3O3S/c1-11-5-4-6-13(12(11)2)9-20-8-7-14-15(10-20)18-17(19-16(14)21)24(3,22)23/h4-6H,7-10H2,1-3H3,(H,18,19,21). The zero-order valence-corrected chi connectivity index (χ0v) is 14.9. The summed E-state index contributed by atoms with van der Waals surface area (Å²) < 4.78 is 23.4. The van der Waals surface area contributed by atoms with Crippen molar-refractivity contribution in [2.24, 2.45) is 0 Å². The van der Waals surface area contributed by atoms with Crippen LogP contribution in [0.3, 0.4) is 0 Å². The van der Waals surface area contributed by atoms with E-state index in [1.165, 1.54) is 16.7 Å². The Labute approximate surface area is 141 Å². The van der Waals surface area contributed by atoms with E-state index < -0.39 is 9.84 Å². The zero-order valence-electron chi connectivity index (χ0n) is 14.1. The summed E-state index contributed by atoms with van der Waals surface area (Å²) in [7, 11) is -3.53. The first-order valence-electron chi connectivity index (χ1n) is 7.85. The first kappa shape index (κ1) is 16.9. The van der Waals surface area contributed by atoms with Crippen LogP contribution in [0.2, 0.25) is 0 Å². The fraction of sp³-hybridized carbons (Fsp3) is 0.412. The number of aromatic nitrogens is 2. The molecule has 2 aromatic rings. The topological polar surface area (TPSA) is 83.1 Å². The van der Waals surface area contributed by atoms with E-state index in [0.717, 1.165) is 19.3 Å². The molecular weight excluding hydrogens is 326 g/mol. The predicted octanol–water partition coefficient (Wildman–Crippen LogP) is 1.35. The Kier molecular flexibility index (Phi) is 4.31. The lowest BCUT2D eigenvalue weighted by atomic mass is 10.0. The van der Waals surface area contributed by atoms with E-state index >= 15 is 0 Å². The van der Waals surface area contributed by atoms with Crippen LogP contribution in [0.25, 0.3) is 0 Å². The van der Waals surface area contributed by atoms with Crippen LogP contribution >= 0.6 is 0 Å². The van der Waals surface area contributed by atoms with Crippen LogP contribution in [-0.4, -0.2) is 36.1 Å². The molecule has 7 heteroatoms. The van der Waals surface area contributed by atoms with E-state index in [4.69, 9.17) is 0 Å². The van der Waals surface area contributed by atoms with Crippen LogP contribution in [0.1, 0.15) is 27.9 Å². The van der Waals surface area contributed by atoms with Crippen molar-refractivity contribution in [3.8, 4) is 0 Å². The fourth-order valence-electron chi connectivity index (χ4n) is 3.01. The van der Waals surface area contributed by atoms with Gasteiger partial charge in [-0.3, -0.25) is 14.7 Å². The molecule has 0 unspecified atom stereocenters. The van der Waals surface area contributed by atoms with Gasteiger partial charge in [-0.1, -0.05) is 18.2 Å². The number of hydrogen-bond donors (Lipinski definition) is 1. The minimum atomic E-state index is -3.53. The molecule has 24 heavy (non-hydrogen) atoms. The number of nitrogens with one attached hydrogen (secondary N) is 1. The molecule has 0 saturated carbocycles. The van der Waals surface area contributed by atoms with Gasteiger partial charge >= 0.3 is 0 Å². The van der Waals surface area contributed by atoms with Crippen molar-refractivity contribution in [3.63, 3.8) is 0 Å². The van der Waals surface area contributed by atoms with Gasteiger partial charge in [0.15, 0.2) is 0 Å². The van der Waals surface area contributed by atoms with Crippen molar-refractivity contribution in [2.45, 2.75) is 38.5 Å². The number of H-pyrrole nitrogens is 1. The smallest absolute Gasteiger partial charge is 0.255 e. The molecule has 1 aliphatic heterocycles. The molecular formula is C17H21N3O3S. The van der Waals surface area contributed by atoms with Crippen molar-refractivity contribution in [2.75, 3.05) is 12.8 Å². The molecule has 0 amide bonds. The maximum atomic E-state index is 12.1. The maximum absolute atomic E-state index is 12.1. The van der Waals surface area contributed by atoms with Crippen LogP contribution in [0.5, 0.6) is 0 Å². The van der Waals surface area contributed by atoms with Gasteiger partial charge in [0.05, 0.1) is 5.69 Å². The molecule has 128 valence electrons. The highest BCUT2D eigenvalue weighted by molar-refractivity contribution is 7.90. The number of aryl methyl sites for hydroxylation is 1. The summed E-state index contributed by atoms with van der Waals surface area (Å²) in [5, 5.41) is -0.250. The number of rotatable bonds is 3. The van der Waals surface area contributed by atoms with Gasteiger partial charge in [-0.15, -0.1) is 0 Å². The van der Waals surface area contributed by atoms with E-state index in [2.05, 4.69) is 40.8 Å². The Balaban J connectivity index is 1.90. The maximum Gasteiger partial charge on any atom is 0.255 e. The van der Waals surface area contributed by atoms with Gasteiger partial charge in [-0.2, -0.15) is 0 Å². The number of aromatic amines is 1. The predicted molar refractivity (Wildman–Crippen MR) is 91.7 cm³/mol. The minimum absolute atomic E-state index is 0.250. The Hall–Kier alpha value is -1.99. The first-order valence-corrected chi connectivity index (χ1v) is 9.74. The van der Waals surface area contributed by atoms with Gasteiger partial charge in [0.25, 0.3) is 5.56 Å². The molecule has 1 aromatic heterocycles. The number of benzene rings is 1. The zero-order chi connectivity index (χ0) is 17.5. The summed E-state index contributed by atoms with van der Waals surface area (Å²) >= 11 is 0. The average Bonchev–Trinajstić information content (AvgIpc) is 2.50. The van der Waals surface area contributed by atoms with Crippen LogP contribution in [0.15, 0.2) is 28.2 Å². The number of fused-ring (bicyclic) bond motifs is 1. The van der Waals surface area contributed by atoms with Crippen molar-refractivity contribution < 1.29 is 8.42 Å². The lowest BCUT2D eigenvalue weighted by Gasteiger charge is -2.28. The second-order valence-electron chi connectivity index (χ2n) is 6.39. The van der Waals surface area contributed by atoms with E-state index in [1.54, 1.807) is 0 Å². The molecule has 0 fully saturated rings. The van der Waals surface area contributed by atoms with Gasteiger partial charge in [0.1, 0.15) is 0 Å². The summed E-state index contributed by atoms with van der Waals surface area (Å²) in [4.78, 5) is 20.9. The van der Waals surface area contributed by atoms with Crippen LogP contribution in [0, 0.1) is 13.8 Å². The lowest BCUT2D eigenvalue weighted by molar-refractivity contribution is 0.238. The van der Waals surface area contributed by atoms with Crippen LogP contribution < -0.4 is 5.56 Å². The van der Waals surface area contributed by atoms with Crippen molar-refractivity contribution in [1.82, 2.24) is 14.9 Å². The van der Waals surface area contributed by atoms with Crippen molar-refractivity contribution >= 4 is 9.84 Å². The molecule has 0 aliphatic carbocycles. The number of hydrogen-bond acceptors (Lipinski definition) is 5. The first-order chi connectivity index (χ1) is 11.3. The molecule has 6 nitrogen and oxygen atoms in total. The van der Waals surface area contributed by atoms with E-state index in [0.29, 0.717) is 24.2 Å². The Morgan fingerprint density at radius 1 is 1.29 bits per heavy atom. The van der Waals surface area contributed by atoms with Gasteiger partial charge < -0.3 is 0 Å². The second-order valence-corrected chi connectivity index (χ2v) is 8.32. The molecule has 1 aromatic carbocycles. The molecule has 1 aliphatic rings. The normalized spacial score (nSPS) is 15.3. The second kappa shape index (κ2) is 6.14. The number of sulfone groups is 1. The van der Waals surface area contributed by atoms with Crippen LogP contribution in [0.4, 0.5) is 0 Å². The third-order valence-electron chi connectivity index (χ3n) is 4.59. The monoisotopic (exact) mass is 347 g/mol. The van der Waals surface area contributed by atoms with Crippen LogP contribution in [-0.2, 0) is 29.3 Å². The van der Waals surface area contributed by atoms with E-state index in [-0.39, 0.29) is 10.7 Å². The molecule has 3 rings (SSSR count). The highest BCUT2D eigenvalue weighted by Crippen LogP contribution is 2.20. The average molecular weight is 347 g/mol. The van der Waals surface area contributed by atoms with Gasteiger partial charge in [0, 0.05) is 31.5 Å². The largest absolute Gasteiger partial charge is 0.297 e. The SMILES string of the molecule is Cc1cccc(CN2CCc3c(nc(S(C)(=O)=O)[nH]c3=O)C2)c1C. The summed E-state index contributed by atoms with van der Waals surface area (Å²) in [6.45, 7) is 6.19. The molecule has 0 atom stereocenters. The Bertz CT molecular complexity index is 948. The third kappa shape index (κ3) is 3.27. The Morgan fingerprint density at radius 2 is 2.04 bits per heavy atom. The molecule has 1 N–H and O–H groups in total. The molecule has 0 spiro atoms. The number of nitrogens with zero attached hydrogens (tertiary/aromatic N) is 2. The van der Waals surface area contributed by atoms with Gasteiger partial charge in [-0.05, 0) is 37.0 Å². The molecule has 0 bridgehead atoms. The molecule has 0 saturated heterocycles. The van der Waals surface area contributed by atoms with E-state index in [9.17, 15) is 13.2 Å². The molecule has 2 heterocycles. The van der Waals surface area contributed by atoms with Gasteiger partial charge in [0.2, 0.25) is 15.0 Å². The fourth-order valence-corrected chi connectivity index (χ4v) is 3.56. The minimum Gasteiger partial charge on any atom is -0.297 e.